The topological polar surface area (TPSA) is 103 Å². The number of anilines is 1. The lowest BCUT2D eigenvalue weighted by molar-refractivity contribution is -0.120. The van der Waals surface area contributed by atoms with Gasteiger partial charge in [-0.1, -0.05) is 0 Å². The Balaban J connectivity index is 0.00000242. The summed E-state index contributed by atoms with van der Waals surface area (Å²) in [6, 6.07) is 6.80. The molecule has 1 saturated heterocycles. The highest BCUT2D eigenvalue weighted by atomic mass is 35.5. The maximum absolute atomic E-state index is 11.9. The number of primary amides is 1. The molecule has 1 aromatic rings. The van der Waals surface area contributed by atoms with E-state index in [2.05, 4.69) is 10.6 Å². The first-order valence-corrected chi connectivity index (χ1v) is 6.75. The Morgan fingerprint density at radius 1 is 1.36 bits per heavy atom. The van der Waals surface area contributed by atoms with E-state index in [9.17, 15) is 9.59 Å². The molecule has 0 radical (unpaired) electrons. The molecule has 22 heavy (non-hydrogen) atoms. The molecule has 1 fully saturated rings. The van der Waals surface area contributed by atoms with Gasteiger partial charge in [-0.2, -0.15) is 0 Å². The zero-order chi connectivity index (χ0) is 15.1. The summed E-state index contributed by atoms with van der Waals surface area (Å²) in [6.07, 6.45) is 0.361. The molecule has 0 aliphatic carbocycles. The van der Waals surface area contributed by atoms with Crippen LogP contribution in [0, 0.1) is 0 Å². The predicted octanol–water partition coefficient (Wildman–Crippen LogP) is 0.290. The van der Waals surface area contributed by atoms with Crippen LogP contribution < -0.4 is 21.1 Å². The third kappa shape index (κ3) is 6.30. The van der Waals surface area contributed by atoms with Gasteiger partial charge in [-0.05, 0) is 24.3 Å². The van der Waals surface area contributed by atoms with Crippen LogP contribution in [-0.4, -0.2) is 44.2 Å². The Bertz CT molecular complexity index is 489. The van der Waals surface area contributed by atoms with Crippen LogP contribution in [0.2, 0.25) is 0 Å². The van der Waals surface area contributed by atoms with Crippen molar-refractivity contribution in [1.29, 1.82) is 0 Å². The van der Waals surface area contributed by atoms with E-state index in [1.54, 1.807) is 24.3 Å². The molecule has 2 amide bonds. The second kappa shape index (κ2) is 9.24. The fraction of sp³-hybridized carbons (Fsp3) is 0.429. The monoisotopic (exact) mass is 329 g/mol. The van der Waals surface area contributed by atoms with E-state index >= 15 is 0 Å². The predicted molar refractivity (Wildman–Crippen MR) is 84.2 cm³/mol. The Hall–Kier alpha value is -1.83. The molecular formula is C14H20ClN3O4. The Morgan fingerprint density at radius 3 is 2.68 bits per heavy atom. The highest BCUT2D eigenvalue weighted by molar-refractivity contribution is 5.91. The summed E-state index contributed by atoms with van der Waals surface area (Å²) in [7, 11) is 0. The summed E-state index contributed by atoms with van der Waals surface area (Å²) in [4.78, 5) is 22.5. The van der Waals surface area contributed by atoms with Gasteiger partial charge in [0.15, 0.2) is 6.61 Å². The number of morpholine rings is 1. The first-order valence-electron chi connectivity index (χ1n) is 6.75. The number of benzene rings is 1. The van der Waals surface area contributed by atoms with Gasteiger partial charge in [0, 0.05) is 24.7 Å². The van der Waals surface area contributed by atoms with Gasteiger partial charge in [0.1, 0.15) is 5.75 Å². The van der Waals surface area contributed by atoms with Crippen molar-refractivity contribution in [3.05, 3.63) is 24.3 Å². The van der Waals surface area contributed by atoms with Gasteiger partial charge < -0.3 is 25.8 Å². The Morgan fingerprint density at radius 2 is 2.09 bits per heavy atom. The summed E-state index contributed by atoms with van der Waals surface area (Å²) in [5.41, 5.74) is 5.66. The first-order chi connectivity index (χ1) is 10.1. The molecule has 1 heterocycles. The fourth-order valence-electron chi connectivity index (χ4n) is 1.98. The van der Waals surface area contributed by atoms with Crippen LogP contribution >= 0.6 is 12.4 Å². The summed E-state index contributed by atoms with van der Waals surface area (Å²) in [5, 5.41) is 6.02. The molecule has 0 aromatic heterocycles. The van der Waals surface area contributed by atoms with E-state index in [1.165, 1.54) is 0 Å². The number of nitrogens with one attached hydrogen (secondary N) is 2. The molecule has 122 valence electrons. The zero-order valence-electron chi connectivity index (χ0n) is 12.0. The molecule has 1 aliphatic rings. The van der Waals surface area contributed by atoms with E-state index in [0.717, 1.165) is 6.54 Å². The van der Waals surface area contributed by atoms with Crippen LogP contribution in [0.5, 0.6) is 5.75 Å². The molecule has 0 bridgehead atoms. The minimum atomic E-state index is -0.533. The number of nitrogens with two attached hydrogens (primary N) is 1. The maximum Gasteiger partial charge on any atom is 0.255 e. The average Bonchev–Trinajstić information content (AvgIpc) is 2.47. The van der Waals surface area contributed by atoms with E-state index in [4.69, 9.17) is 15.2 Å². The number of ether oxygens (including phenoxy) is 2. The minimum absolute atomic E-state index is 0. The number of halogens is 1. The molecule has 1 unspecified atom stereocenters. The Kier molecular flexibility index (Phi) is 7.65. The van der Waals surface area contributed by atoms with Gasteiger partial charge in [-0.25, -0.2) is 0 Å². The number of rotatable bonds is 6. The quantitative estimate of drug-likeness (QED) is 0.696. The average molecular weight is 330 g/mol. The van der Waals surface area contributed by atoms with Crippen molar-refractivity contribution in [2.24, 2.45) is 5.73 Å². The molecule has 1 aromatic carbocycles. The lowest BCUT2D eigenvalue weighted by Gasteiger charge is -2.23. The number of hydrogen-bond acceptors (Lipinski definition) is 5. The second-order valence-electron chi connectivity index (χ2n) is 4.76. The standard InChI is InChI=1S/C14H19N3O4.ClH/c15-13(18)9-21-12-3-1-10(2-4-12)17-14(19)7-11-8-20-6-5-16-11;/h1-4,11,16H,5-9H2,(H2,15,18)(H,17,19);1H. The SMILES string of the molecule is Cl.NC(=O)COc1ccc(NC(=O)CC2COCCN2)cc1. The van der Waals surface area contributed by atoms with Crippen LogP contribution in [0.25, 0.3) is 0 Å². The van der Waals surface area contributed by atoms with Gasteiger partial charge in [-0.3, -0.25) is 9.59 Å². The van der Waals surface area contributed by atoms with Crippen molar-refractivity contribution in [2.75, 3.05) is 31.7 Å². The van der Waals surface area contributed by atoms with Crippen molar-refractivity contribution in [3.63, 3.8) is 0 Å². The fourth-order valence-corrected chi connectivity index (χ4v) is 1.98. The molecular weight excluding hydrogens is 310 g/mol. The molecule has 0 saturated carbocycles. The van der Waals surface area contributed by atoms with Crippen LogP contribution in [0.3, 0.4) is 0 Å². The lowest BCUT2D eigenvalue weighted by atomic mass is 10.2. The van der Waals surface area contributed by atoms with E-state index in [0.29, 0.717) is 31.1 Å². The normalized spacial score (nSPS) is 17.2. The second-order valence-corrected chi connectivity index (χ2v) is 4.76. The van der Waals surface area contributed by atoms with Crippen LogP contribution in [0.4, 0.5) is 5.69 Å². The van der Waals surface area contributed by atoms with Crippen LogP contribution in [0.15, 0.2) is 24.3 Å². The van der Waals surface area contributed by atoms with E-state index in [-0.39, 0.29) is 31.0 Å². The van der Waals surface area contributed by atoms with Crippen LogP contribution in [0.1, 0.15) is 6.42 Å². The van der Waals surface area contributed by atoms with Crippen LogP contribution in [-0.2, 0) is 14.3 Å². The highest BCUT2D eigenvalue weighted by Crippen LogP contribution is 2.16. The lowest BCUT2D eigenvalue weighted by Crippen LogP contribution is -2.43. The molecule has 8 heteroatoms. The largest absolute Gasteiger partial charge is 0.484 e. The van der Waals surface area contributed by atoms with Gasteiger partial charge in [0.25, 0.3) is 5.91 Å². The summed E-state index contributed by atoms with van der Waals surface area (Å²) in [5.74, 6) is -0.0902. The minimum Gasteiger partial charge on any atom is -0.484 e. The maximum atomic E-state index is 11.9. The molecule has 0 spiro atoms. The zero-order valence-corrected chi connectivity index (χ0v) is 12.9. The molecule has 1 atom stereocenters. The smallest absolute Gasteiger partial charge is 0.255 e. The van der Waals surface area contributed by atoms with Gasteiger partial charge in [0.05, 0.1) is 13.2 Å². The third-order valence-electron chi connectivity index (χ3n) is 2.95. The first kappa shape index (κ1) is 18.2. The summed E-state index contributed by atoms with van der Waals surface area (Å²) < 4.78 is 10.4. The van der Waals surface area contributed by atoms with Gasteiger partial charge in [0.2, 0.25) is 5.91 Å². The van der Waals surface area contributed by atoms with E-state index < -0.39 is 5.91 Å². The van der Waals surface area contributed by atoms with Crippen molar-refractivity contribution in [2.45, 2.75) is 12.5 Å². The highest BCUT2D eigenvalue weighted by Gasteiger charge is 2.16. The number of carbonyl (C=O) groups excluding carboxylic acids is 2. The van der Waals surface area contributed by atoms with Crippen molar-refractivity contribution < 1.29 is 19.1 Å². The van der Waals surface area contributed by atoms with Gasteiger partial charge in [-0.15, -0.1) is 12.4 Å². The summed E-state index contributed by atoms with van der Waals surface area (Å²) >= 11 is 0. The molecule has 4 N–H and O–H groups in total. The molecule has 1 aliphatic heterocycles. The number of hydrogen-bond donors (Lipinski definition) is 3. The summed E-state index contributed by atoms with van der Waals surface area (Å²) in [6.45, 7) is 1.83. The van der Waals surface area contributed by atoms with Crippen molar-refractivity contribution >= 4 is 29.9 Å². The number of amides is 2. The molecule has 2 rings (SSSR count). The molecule has 7 nitrogen and oxygen atoms in total. The van der Waals surface area contributed by atoms with Crippen molar-refractivity contribution in [1.82, 2.24) is 5.32 Å². The van der Waals surface area contributed by atoms with Gasteiger partial charge >= 0.3 is 0 Å². The number of carbonyl (C=O) groups is 2. The van der Waals surface area contributed by atoms with E-state index in [1.807, 2.05) is 0 Å². The van der Waals surface area contributed by atoms with Crippen molar-refractivity contribution in [3.8, 4) is 5.75 Å². The third-order valence-corrected chi connectivity index (χ3v) is 2.95. The Labute approximate surface area is 134 Å².